The molecule has 0 aliphatic rings. The van der Waals surface area contributed by atoms with Crippen LogP contribution in [-0.4, -0.2) is 31.7 Å². The van der Waals surface area contributed by atoms with Crippen LogP contribution in [0.25, 0.3) is 0 Å². The van der Waals surface area contributed by atoms with Gasteiger partial charge < -0.3 is 19.5 Å². The van der Waals surface area contributed by atoms with E-state index in [1.54, 1.807) is 49.4 Å². The van der Waals surface area contributed by atoms with Gasteiger partial charge in [0.2, 0.25) is 0 Å². The third kappa shape index (κ3) is 5.97. The van der Waals surface area contributed by atoms with E-state index < -0.39 is 18.5 Å². The van der Waals surface area contributed by atoms with Crippen molar-refractivity contribution in [2.45, 2.75) is 13.8 Å². The molecule has 0 bridgehead atoms. The maximum Gasteiger partial charge on any atom is 0.344 e. The molecule has 6 nitrogen and oxygen atoms in total. The second-order valence-corrected chi connectivity index (χ2v) is 5.72. The molecule has 0 saturated carbocycles. The molecule has 7 heteroatoms. The summed E-state index contributed by atoms with van der Waals surface area (Å²) < 4.78 is 15.5. The Bertz CT molecular complexity index is 761. The van der Waals surface area contributed by atoms with Crippen molar-refractivity contribution in [2.75, 3.05) is 25.1 Å². The Morgan fingerprint density at radius 3 is 2.31 bits per heavy atom. The lowest BCUT2D eigenvalue weighted by Crippen LogP contribution is -2.24. The fourth-order valence-corrected chi connectivity index (χ4v) is 2.23. The molecule has 26 heavy (non-hydrogen) atoms. The third-order valence-electron chi connectivity index (χ3n) is 3.40. The minimum absolute atomic E-state index is 0.294. The molecule has 0 atom stereocenters. The fraction of sp³-hybridized carbons (Fsp3) is 0.263. The summed E-state index contributed by atoms with van der Waals surface area (Å²) in [4.78, 5) is 23.6. The van der Waals surface area contributed by atoms with E-state index in [-0.39, 0.29) is 6.61 Å². The predicted octanol–water partition coefficient (Wildman–Crippen LogP) is 3.61. The molecule has 0 radical (unpaired) electrons. The molecule has 2 rings (SSSR count). The Kier molecular flexibility index (Phi) is 7.29. The van der Waals surface area contributed by atoms with Gasteiger partial charge in [0, 0.05) is 10.7 Å². The van der Waals surface area contributed by atoms with Gasteiger partial charge in [-0.1, -0.05) is 17.7 Å². The molecular weight excluding hydrogens is 358 g/mol. The Hall–Kier alpha value is -2.73. The Labute approximate surface area is 157 Å². The molecule has 1 amide bonds. The monoisotopic (exact) mass is 377 g/mol. The maximum atomic E-state index is 11.9. The zero-order valence-corrected chi connectivity index (χ0v) is 15.3. The highest BCUT2D eigenvalue weighted by atomic mass is 35.5. The minimum Gasteiger partial charge on any atom is -0.494 e. The summed E-state index contributed by atoms with van der Waals surface area (Å²) >= 11 is 5.99. The largest absolute Gasteiger partial charge is 0.494 e. The van der Waals surface area contributed by atoms with E-state index in [2.05, 4.69) is 5.32 Å². The number of carbonyl (C=O) groups is 2. The molecule has 138 valence electrons. The highest BCUT2D eigenvalue weighted by Crippen LogP contribution is 2.22. The van der Waals surface area contributed by atoms with Gasteiger partial charge in [-0.25, -0.2) is 4.79 Å². The number of benzene rings is 2. The summed E-state index contributed by atoms with van der Waals surface area (Å²) in [6.07, 6.45) is 0. The first-order valence-corrected chi connectivity index (χ1v) is 8.43. The van der Waals surface area contributed by atoms with Gasteiger partial charge in [-0.3, -0.25) is 4.79 Å². The second kappa shape index (κ2) is 9.68. The molecule has 0 heterocycles. The predicted molar refractivity (Wildman–Crippen MR) is 98.9 cm³/mol. The Morgan fingerprint density at radius 2 is 1.65 bits per heavy atom. The molecule has 0 saturated heterocycles. The lowest BCUT2D eigenvalue weighted by atomic mass is 10.2. The number of esters is 1. The smallest absolute Gasteiger partial charge is 0.344 e. The highest BCUT2D eigenvalue weighted by molar-refractivity contribution is 6.31. The van der Waals surface area contributed by atoms with Crippen molar-refractivity contribution in [3.8, 4) is 11.5 Å². The standard InChI is InChI=1S/C19H20ClNO5/c1-3-24-14-7-9-15(10-8-14)25-12-19(23)26-11-18(22)21-17-6-4-5-16(20)13(17)2/h4-10H,3,11-12H2,1-2H3,(H,21,22). The summed E-state index contributed by atoms with van der Waals surface area (Å²) in [5.74, 6) is 0.126. The van der Waals surface area contributed by atoms with Crippen molar-refractivity contribution in [1.29, 1.82) is 0 Å². The first kappa shape index (κ1) is 19.6. The molecule has 1 N–H and O–H groups in total. The van der Waals surface area contributed by atoms with E-state index >= 15 is 0 Å². The van der Waals surface area contributed by atoms with Crippen LogP contribution < -0.4 is 14.8 Å². The highest BCUT2D eigenvalue weighted by Gasteiger charge is 2.11. The van der Waals surface area contributed by atoms with Crippen LogP contribution in [0.4, 0.5) is 5.69 Å². The van der Waals surface area contributed by atoms with Gasteiger partial charge in [0.25, 0.3) is 5.91 Å². The summed E-state index contributed by atoms with van der Waals surface area (Å²) in [7, 11) is 0. The molecule has 0 unspecified atom stereocenters. The van der Waals surface area contributed by atoms with Gasteiger partial charge in [-0.2, -0.15) is 0 Å². The summed E-state index contributed by atoms with van der Waals surface area (Å²) in [6.45, 7) is 3.55. The van der Waals surface area contributed by atoms with E-state index in [0.29, 0.717) is 23.1 Å². The molecule has 2 aromatic carbocycles. The SMILES string of the molecule is CCOc1ccc(OCC(=O)OCC(=O)Nc2cccc(Cl)c2C)cc1. The van der Waals surface area contributed by atoms with E-state index in [4.69, 9.17) is 25.8 Å². The molecule has 0 aliphatic heterocycles. The van der Waals surface area contributed by atoms with E-state index in [1.165, 1.54) is 0 Å². The number of hydrogen-bond acceptors (Lipinski definition) is 5. The quantitative estimate of drug-likeness (QED) is 0.711. The molecule has 0 spiro atoms. The van der Waals surface area contributed by atoms with Crippen LogP contribution in [-0.2, 0) is 14.3 Å². The number of amides is 1. The van der Waals surface area contributed by atoms with Gasteiger partial charge in [0.1, 0.15) is 11.5 Å². The van der Waals surface area contributed by atoms with Crippen LogP contribution in [0.15, 0.2) is 42.5 Å². The fourth-order valence-electron chi connectivity index (χ4n) is 2.06. The number of carbonyl (C=O) groups excluding carboxylic acids is 2. The number of anilines is 1. The summed E-state index contributed by atoms with van der Waals surface area (Å²) in [5, 5.41) is 3.19. The number of ether oxygens (including phenoxy) is 3. The molecule has 0 aromatic heterocycles. The van der Waals surface area contributed by atoms with Crippen molar-refractivity contribution < 1.29 is 23.8 Å². The summed E-state index contributed by atoms with van der Waals surface area (Å²) in [5.41, 5.74) is 1.32. The zero-order chi connectivity index (χ0) is 18.9. The Balaban J connectivity index is 1.74. The second-order valence-electron chi connectivity index (χ2n) is 5.31. The number of hydrogen-bond donors (Lipinski definition) is 1. The van der Waals surface area contributed by atoms with Gasteiger partial charge in [-0.15, -0.1) is 0 Å². The van der Waals surface area contributed by atoms with Crippen molar-refractivity contribution >= 4 is 29.2 Å². The van der Waals surface area contributed by atoms with E-state index in [1.807, 2.05) is 6.92 Å². The average Bonchev–Trinajstić information content (AvgIpc) is 2.63. The molecule has 0 aliphatic carbocycles. The van der Waals surface area contributed by atoms with Gasteiger partial charge in [-0.05, 0) is 55.8 Å². The van der Waals surface area contributed by atoms with Gasteiger partial charge in [0.05, 0.1) is 6.61 Å². The van der Waals surface area contributed by atoms with E-state index in [9.17, 15) is 9.59 Å². The van der Waals surface area contributed by atoms with Crippen LogP contribution in [0.2, 0.25) is 5.02 Å². The normalized spacial score (nSPS) is 10.1. The first-order chi connectivity index (χ1) is 12.5. The van der Waals surface area contributed by atoms with Gasteiger partial charge in [0.15, 0.2) is 13.2 Å². The topological polar surface area (TPSA) is 73.9 Å². The van der Waals surface area contributed by atoms with Crippen LogP contribution in [0, 0.1) is 6.92 Å². The summed E-state index contributed by atoms with van der Waals surface area (Å²) in [6, 6.07) is 12.0. The zero-order valence-electron chi connectivity index (χ0n) is 14.6. The minimum atomic E-state index is -0.642. The lowest BCUT2D eigenvalue weighted by molar-refractivity contribution is -0.149. The number of halogens is 1. The van der Waals surface area contributed by atoms with Crippen molar-refractivity contribution in [2.24, 2.45) is 0 Å². The number of rotatable bonds is 8. The van der Waals surface area contributed by atoms with Crippen LogP contribution >= 0.6 is 11.6 Å². The van der Waals surface area contributed by atoms with Gasteiger partial charge >= 0.3 is 5.97 Å². The van der Waals surface area contributed by atoms with Crippen LogP contribution in [0.1, 0.15) is 12.5 Å². The van der Waals surface area contributed by atoms with Crippen LogP contribution in [0.5, 0.6) is 11.5 Å². The molecular formula is C19H20ClNO5. The lowest BCUT2D eigenvalue weighted by Gasteiger charge is -2.10. The maximum absolute atomic E-state index is 11.9. The van der Waals surface area contributed by atoms with Crippen LogP contribution in [0.3, 0.4) is 0 Å². The van der Waals surface area contributed by atoms with Crippen molar-refractivity contribution in [3.63, 3.8) is 0 Å². The van der Waals surface area contributed by atoms with Crippen molar-refractivity contribution in [3.05, 3.63) is 53.1 Å². The Morgan fingerprint density at radius 1 is 1.00 bits per heavy atom. The average molecular weight is 378 g/mol. The first-order valence-electron chi connectivity index (χ1n) is 8.06. The molecule has 2 aromatic rings. The number of nitrogens with one attached hydrogen (secondary N) is 1. The van der Waals surface area contributed by atoms with Crippen molar-refractivity contribution in [1.82, 2.24) is 0 Å². The third-order valence-corrected chi connectivity index (χ3v) is 3.81. The molecule has 0 fully saturated rings. The van der Waals surface area contributed by atoms with E-state index in [0.717, 1.165) is 11.3 Å².